The molecule has 156 valence electrons. The molecule has 3 N–H and O–H groups in total. The second-order valence-corrected chi connectivity index (χ2v) is 7.21. The van der Waals surface area contributed by atoms with Gasteiger partial charge in [-0.15, -0.1) is 24.8 Å². The Bertz CT molecular complexity index is 773. The molecule has 0 radical (unpaired) electrons. The van der Waals surface area contributed by atoms with E-state index in [-0.39, 0.29) is 30.9 Å². The van der Waals surface area contributed by atoms with E-state index >= 15 is 0 Å². The van der Waals surface area contributed by atoms with E-state index in [0.717, 1.165) is 12.8 Å². The van der Waals surface area contributed by atoms with E-state index in [1.807, 2.05) is 6.92 Å². The highest BCUT2D eigenvalue weighted by Crippen LogP contribution is 2.32. The van der Waals surface area contributed by atoms with Crippen LogP contribution in [0.3, 0.4) is 0 Å². The molecule has 1 aromatic heterocycles. The van der Waals surface area contributed by atoms with E-state index in [1.165, 1.54) is 0 Å². The summed E-state index contributed by atoms with van der Waals surface area (Å²) in [4.78, 5) is 4.47. The van der Waals surface area contributed by atoms with Gasteiger partial charge in [-0.1, -0.05) is 29.3 Å². The third-order valence-electron chi connectivity index (χ3n) is 4.54. The zero-order valence-electron chi connectivity index (χ0n) is 15.3. The van der Waals surface area contributed by atoms with E-state index in [0.29, 0.717) is 46.0 Å². The van der Waals surface area contributed by atoms with Crippen LogP contribution in [0.4, 0.5) is 0 Å². The molecule has 3 rings (SSSR count). The van der Waals surface area contributed by atoms with Crippen molar-refractivity contribution in [3.63, 3.8) is 0 Å². The number of hydrogen-bond acceptors (Lipinski definition) is 5. The minimum absolute atomic E-state index is 0. The molecule has 28 heavy (non-hydrogen) atoms. The van der Waals surface area contributed by atoms with Crippen molar-refractivity contribution in [1.82, 2.24) is 4.98 Å². The zero-order chi connectivity index (χ0) is 18.7. The molecule has 2 aromatic rings. The Kier molecular flexibility index (Phi) is 10.3. The van der Waals surface area contributed by atoms with Crippen molar-refractivity contribution in [2.24, 2.45) is 5.73 Å². The summed E-state index contributed by atoms with van der Waals surface area (Å²) in [5.41, 5.74) is 8.26. The van der Waals surface area contributed by atoms with E-state index in [2.05, 4.69) is 4.98 Å². The van der Waals surface area contributed by atoms with Crippen LogP contribution in [0, 0.1) is 6.92 Å². The lowest BCUT2D eigenvalue weighted by atomic mass is 9.96. The molecular weight excluding hydrogens is 446 g/mol. The Morgan fingerprint density at radius 3 is 2.43 bits per heavy atom. The second kappa shape index (κ2) is 11.4. The van der Waals surface area contributed by atoms with Gasteiger partial charge in [0.1, 0.15) is 6.10 Å². The Hall–Kier alpha value is -0.790. The largest absolute Gasteiger partial charge is 0.474 e. The van der Waals surface area contributed by atoms with Gasteiger partial charge in [0, 0.05) is 30.2 Å². The number of benzene rings is 1. The van der Waals surface area contributed by atoms with Crippen LogP contribution in [0.15, 0.2) is 30.3 Å². The Balaban J connectivity index is 0.00000196. The Morgan fingerprint density at radius 2 is 1.82 bits per heavy atom. The molecular formula is C19H24Cl4N2O3. The monoisotopic (exact) mass is 468 g/mol. The maximum Gasteiger partial charge on any atom is 0.213 e. The molecule has 2 heterocycles. The fourth-order valence-electron chi connectivity index (χ4n) is 2.99. The average molecular weight is 470 g/mol. The van der Waals surface area contributed by atoms with Gasteiger partial charge in [-0.25, -0.2) is 4.98 Å². The van der Waals surface area contributed by atoms with E-state index in [9.17, 15) is 5.11 Å². The van der Waals surface area contributed by atoms with Crippen LogP contribution in [-0.4, -0.2) is 29.4 Å². The van der Waals surface area contributed by atoms with Crippen LogP contribution in [-0.2, 0) is 4.74 Å². The molecule has 2 atom stereocenters. The first-order valence-electron chi connectivity index (χ1n) is 8.56. The van der Waals surface area contributed by atoms with Crippen LogP contribution in [0.25, 0.3) is 0 Å². The van der Waals surface area contributed by atoms with Gasteiger partial charge in [-0.3, -0.25) is 0 Å². The predicted molar refractivity (Wildman–Crippen MR) is 116 cm³/mol. The average Bonchev–Trinajstić information content (AvgIpc) is 2.64. The SMILES string of the molecule is Cc1nc(OC2CCOCC2)ccc1C(O)C(N)c1ccc(Cl)c(Cl)c1.Cl.Cl. The van der Waals surface area contributed by atoms with Gasteiger partial charge < -0.3 is 20.3 Å². The maximum absolute atomic E-state index is 10.7. The fraction of sp³-hybridized carbons (Fsp3) is 0.421. The number of nitrogens with zero attached hydrogens (tertiary/aromatic N) is 1. The van der Waals surface area contributed by atoms with Gasteiger partial charge in [0.25, 0.3) is 0 Å². The molecule has 1 fully saturated rings. The highest BCUT2D eigenvalue weighted by atomic mass is 35.5. The maximum atomic E-state index is 10.7. The molecule has 9 heteroatoms. The lowest BCUT2D eigenvalue weighted by Gasteiger charge is -2.24. The molecule has 0 saturated carbocycles. The third kappa shape index (κ3) is 6.10. The number of aliphatic hydroxyl groups excluding tert-OH is 1. The van der Waals surface area contributed by atoms with Crippen molar-refractivity contribution < 1.29 is 14.6 Å². The number of halogens is 4. The van der Waals surface area contributed by atoms with Crippen molar-refractivity contribution >= 4 is 48.0 Å². The van der Waals surface area contributed by atoms with Gasteiger partial charge in [0.2, 0.25) is 5.88 Å². The summed E-state index contributed by atoms with van der Waals surface area (Å²) in [6.07, 6.45) is 0.905. The summed E-state index contributed by atoms with van der Waals surface area (Å²) in [6, 6.07) is 8.02. The molecule has 1 aliphatic rings. The number of ether oxygens (including phenoxy) is 2. The molecule has 0 spiro atoms. The molecule has 1 saturated heterocycles. The first-order chi connectivity index (χ1) is 12.5. The molecule has 1 aromatic carbocycles. The summed E-state index contributed by atoms with van der Waals surface area (Å²) >= 11 is 12.0. The summed E-state index contributed by atoms with van der Waals surface area (Å²) in [7, 11) is 0. The molecule has 5 nitrogen and oxygen atoms in total. The highest BCUT2D eigenvalue weighted by Gasteiger charge is 2.23. The second-order valence-electron chi connectivity index (χ2n) is 6.40. The number of nitrogens with two attached hydrogens (primary N) is 1. The quantitative estimate of drug-likeness (QED) is 0.655. The number of aliphatic hydroxyl groups is 1. The Labute approximate surface area is 187 Å². The minimum Gasteiger partial charge on any atom is -0.474 e. The molecule has 0 amide bonds. The summed E-state index contributed by atoms with van der Waals surface area (Å²) in [6.45, 7) is 3.24. The van der Waals surface area contributed by atoms with Gasteiger partial charge in [0.05, 0.1) is 35.4 Å². The standard InChI is InChI=1S/C19H22Cl2N2O3.2ClH/c1-11-14(3-5-17(23-11)26-13-6-8-25-9-7-13)19(24)18(22)12-2-4-15(20)16(21)10-12;;/h2-5,10,13,18-19,24H,6-9,22H2,1H3;2*1H. The minimum atomic E-state index is -0.920. The summed E-state index contributed by atoms with van der Waals surface area (Å²) < 4.78 is 11.2. The van der Waals surface area contributed by atoms with Gasteiger partial charge in [-0.2, -0.15) is 0 Å². The lowest BCUT2D eigenvalue weighted by Crippen LogP contribution is -2.26. The van der Waals surface area contributed by atoms with E-state index < -0.39 is 12.1 Å². The number of aromatic nitrogens is 1. The summed E-state index contributed by atoms with van der Waals surface area (Å²) in [5.74, 6) is 0.549. The van der Waals surface area contributed by atoms with Crippen molar-refractivity contribution in [2.45, 2.75) is 38.0 Å². The first kappa shape index (κ1) is 25.2. The molecule has 2 unspecified atom stereocenters. The van der Waals surface area contributed by atoms with Crippen LogP contribution in [0.1, 0.15) is 41.8 Å². The van der Waals surface area contributed by atoms with Crippen molar-refractivity contribution in [1.29, 1.82) is 0 Å². The smallest absolute Gasteiger partial charge is 0.213 e. The van der Waals surface area contributed by atoms with E-state index in [4.69, 9.17) is 38.4 Å². The van der Waals surface area contributed by atoms with Crippen molar-refractivity contribution in [3.8, 4) is 5.88 Å². The normalized spacial score (nSPS) is 16.5. The van der Waals surface area contributed by atoms with Crippen molar-refractivity contribution in [3.05, 3.63) is 57.2 Å². The first-order valence-corrected chi connectivity index (χ1v) is 9.32. The molecule has 0 aliphatic carbocycles. The highest BCUT2D eigenvalue weighted by molar-refractivity contribution is 6.42. The lowest BCUT2D eigenvalue weighted by molar-refractivity contribution is 0.0236. The number of pyridine rings is 1. The number of hydrogen-bond donors (Lipinski definition) is 2. The third-order valence-corrected chi connectivity index (χ3v) is 5.28. The zero-order valence-corrected chi connectivity index (χ0v) is 18.5. The molecule has 1 aliphatic heterocycles. The van der Waals surface area contributed by atoms with E-state index in [1.54, 1.807) is 30.3 Å². The van der Waals surface area contributed by atoms with Crippen LogP contribution < -0.4 is 10.5 Å². The fourth-order valence-corrected chi connectivity index (χ4v) is 3.29. The Morgan fingerprint density at radius 1 is 1.14 bits per heavy atom. The van der Waals surface area contributed by atoms with Crippen LogP contribution in [0.5, 0.6) is 5.88 Å². The molecule has 0 bridgehead atoms. The van der Waals surface area contributed by atoms with Crippen LogP contribution in [0.2, 0.25) is 10.0 Å². The topological polar surface area (TPSA) is 77.6 Å². The predicted octanol–water partition coefficient (Wildman–Crippen LogP) is 4.83. The number of rotatable bonds is 5. The summed E-state index contributed by atoms with van der Waals surface area (Å²) in [5, 5.41) is 11.6. The van der Waals surface area contributed by atoms with Gasteiger partial charge in [-0.05, 0) is 30.7 Å². The van der Waals surface area contributed by atoms with Gasteiger partial charge in [0.15, 0.2) is 0 Å². The van der Waals surface area contributed by atoms with Crippen LogP contribution >= 0.6 is 48.0 Å². The number of aryl methyl sites for hydroxylation is 1. The van der Waals surface area contributed by atoms with Crippen molar-refractivity contribution in [2.75, 3.05) is 13.2 Å². The van der Waals surface area contributed by atoms with Gasteiger partial charge >= 0.3 is 0 Å².